The number of hydrogen-bond acceptors (Lipinski definition) is 13. The Morgan fingerprint density at radius 1 is 0.537 bits per heavy atom. The first-order valence-corrected chi connectivity index (χ1v) is 38.3. The molecule has 2 amide bonds. The van der Waals surface area contributed by atoms with Crippen molar-refractivity contribution in [3.63, 3.8) is 0 Å². The number of anilines is 2. The number of benzene rings is 4. The Kier molecular flexibility index (Phi) is 22.5. The molecule has 2 aliphatic carbocycles. The molecule has 2 aromatic heterocycles. The molecule has 4 heterocycles. The SMILES string of the molecule is CN(C)c1ccc2c(c1)[Si](C)(C)C1=CC(=[N+](C)C)C=CC1=C2c1cc(C(=O)NCCNC(=O)/C=C/c2ccc(O)cc2)sc1C(=O)O.CN(C)c1ccc2c(c1)[Si](C)(C)C1=CC(=[N+](C)C)C=CC1=C2c1cc(C(=O)O)sc1C(=O)O.NCCCC(=O)/C=C/c1ccc(O)cc1. The second-order valence-electron chi connectivity index (χ2n) is 24.9. The summed E-state index contributed by atoms with van der Waals surface area (Å²) in [7, 11) is 11.7. The fourth-order valence-electron chi connectivity index (χ4n) is 11.4. The van der Waals surface area contributed by atoms with Crippen LogP contribution in [0.4, 0.5) is 11.4 Å². The highest BCUT2D eigenvalue weighted by Gasteiger charge is 2.43. The molecule has 0 saturated carbocycles. The van der Waals surface area contributed by atoms with E-state index >= 15 is 0 Å². The van der Waals surface area contributed by atoms with Crippen LogP contribution < -0.4 is 36.5 Å². The van der Waals surface area contributed by atoms with Gasteiger partial charge >= 0.3 is 17.9 Å². The third-order valence-corrected chi connectivity index (χ3v) is 26.0. The molecule has 0 atom stereocenters. The lowest BCUT2D eigenvalue weighted by Crippen LogP contribution is -2.49. The molecule has 9 N–H and O–H groups in total. The molecule has 4 aromatic carbocycles. The van der Waals surface area contributed by atoms with Crippen molar-refractivity contribution in [1.29, 1.82) is 0 Å². The van der Waals surface area contributed by atoms with E-state index in [2.05, 4.69) is 116 Å². The fraction of sp³-hybridized carbons (Fsp3) is 0.233. The number of aromatic carboxylic acids is 3. The number of carbonyl (C=O) groups excluding carboxylic acids is 3. The van der Waals surface area contributed by atoms with Gasteiger partial charge in [0.1, 0.15) is 70.5 Å². The fourth-order valence-corrected chi connectivity index (χ4v) is 19.3. The maximum Gasteiger partial charge on any atom is 0.346 e. The number of carboxylic acid groups (broad SMARTS) is 3. The highest BCUT2D eigenvalue weighted by Crippen LogP contribution is 2.46. The second-order valence-corrected chi connectivity index (χ2v) is 35.6. The van der Waals surface area contributed by atoms with Crippen molar-refractivity contribution in [2.24, 2.45) is 5.73 Å². The predicted molar refractivity (Wildman–Crippen MR) is 389 cm³/mol. The standard InChI is InChI=1S/C36H38N4O5SSi.C25H26N2O4SSi.C12H15NO2/c1-39(2)23-10-14-26-30(19-23)47(5,6)31-20-24(40(3)4)11-15-27(31)33(26)28-21-29(46-34(28)36(44)45)35(43)38-18-17-37-32(42)16-9-22-7-12-25(41)13-8-22;1-26(2)14-7-9-16-20(11-14)33(5,6)21-12-15(27(3)4)8-10-17(21)22(16)18-13-19(24(28)29)32-23(18)25(30)31;13-9-1-2-11(14)6-3-10-4-7-12(15)8-5-10/h7-16,19-21H,17-18H2,1-6H3,(H3-,37,38,41,42,43,44,45);7-13H,1-6H3,(H-,28,29,30,31);3-8,15H,1-2,9,13H2/p+2/b;;6-3+. The average molecular weight is 1350 g/mol. The lowest BCUT2D eigenvalue weighted by Gasteiger charge is -2.38. The van der Waals surface area contributed by atoms with Crippen LogP contribution in [0.3, 0.4) is 0 Å². The minimum Gasteiger partial charge on any atom is -0.508 e. The third kappa shape index (κ3) is 16.2. The Labute approximate surface area is 563 Å². The summed E-state index contributed by atoms with van der Waals surface area (Å²) in [4.78, 5) is 77.8. The van der Waals surface area contributed by atoms with Crippen LogP contribution in [-0.2, 0) is 9.59 Å². The number of amides is 2. The van der Waals surface area contributed by atoms with Gasteiger partial charge in [-0.2, -0.15) is 0 Å². The Morgan fingerprint density at radius 2 is 0.958 bits per heavy atom. The van der Waals surface area contributed by atoms with E-state index in [4.69, 9.17) is 10.8 Å². The van der Waals surface area contributed by atoms with Gasteiger partial charge in [0.15, 0.2) is 17.2 Å². The normalized spacial score (nSPS) is 14.6. The first-order valence-electron chi connectivity index (χ1n) is 30.7. The van der Waals surface area contributed by atoms with Crippen LogP contribution in [-0.4, -0.2) is 174 Å². The number of hydrogen-bond donors (Lipinski definition) is 8. The van der Waals surface area contributed by atoms with Crippen LogP contribution in [0, 0.1) is 0 Å². The molecule has 0 saturated heterocycles. The van der Waals surface area contributed by atoms with Crippen molar-refractivity contribution in [2.75, 3.05) is 85.8 Å². The van der Waals surface area contributed by atoms with Crippen molar-refractivity contribution < 1.29 is 63.5 Å². The van der Waals surface area contributed by atoms with Crippen molar-refractivity contribution in [3.8, 4) is 11.5 Å². The van der Waals surface area contributed by atoms with E-state index in [0.717, 1.165) is 96.4 Å². The Morgan fingerprint density at radius 3 is 1.37 bits per heavy atom. The number of nitrogens with two attached hydrogens (primary N) is 1. The summed E-state index contributed by atoms with van der Waals surface area (Å²) in [5.74, 6) is -3.62. The highest BCUT2D eigenvalue weighted by atomic mass is 32.1. The van der Waals surface area contributed by atoms with E-state index in [-0.39, 0.29) is 55.8 Å². The van der Waals surface area contributed by atoms with Crippen molar-refractivity contribution >= 4 is 131 Å². The first kappa shape index (κ1) is 71.0. The molecule has 0 fully saturated rings. The monoisotopic (exact) mass is 1350 g/mol. The summed E-state index contributed by atoms with van der Waals surface area (Å²) in [6.07, 6.45) is 20.1. The van der Waals surface area contributed by atoms with Gasteiger partial charge in [-0.3, -0.25) is 14.4 Å². The number of carbonyl (C=O) groups is 6. The zero-order chi connectivity index (χ0) is 69.4. The smallest absolute Gasteiger partial charge is 0.346 e. The maximum atomic E-state index is 13.3. The first-order chi connectivity index (χ1) is 44.9. The molecule has 95 heavy (non-hydrogen) atoms. The summed E-state index contributed by atoms with van der Waals surface area (Å²) in [6, 6.07) is 29.0. The number of aromatic hydroxyl groups is 2. The van der Waals surface area contributed by atoms with E-state index in [0.29, 0.717) is 24.1 Å². The van der Waals surface area contributed by atoms with Crippen LogP contribution in [0.1, 0.15) is 84.9 Å². The van der Waals surface area contributed by atoms with Gasteiger partial charge in [0.25, 0.3) is 5.91 Å². The summed E-state index contributed by atoms with van der Waals surface area (Å²) in [5, 5.41) is 58.7. The topological polar surface area (TPSA) is 266 Å². The summed E-state index contributed by atoms with van der Waals surface area (Å²) >= 11 is 1.76. The molecule has 10 rings (SSSR count). The van der Waals surface area contributed by atoms with Crippen LogP contribution >= 0.6 is 22.7 Å². The van der Waals surface area contributed by atoms with Gasteiger partial charge in [-0.05, 0) is 163 Å². The molecular weight excluding hydrogens is 1270 g/mol. The van der Waals surface area contributed by atoms with Gasteiger partial charge in [-0.25, -0.2) is 23.5 Å². The Bertz CT molecular complexity index is 4390. The molecule has 492 valence electrons. The molecule has 2 aliphatic heterocycles. The number of nitrogens with one attached hydrogen (secondary N) is 2. The molecule has 0 spiro atoms. The largest absolute Gasteiger partial charge is 0.508 e. The lowest BCUT2D eigenvalue weighted by molar-refractivity contribution is -0.462. The van der Waals surface area contributed by atoms with Crippen molar-refractivity contribution in [1.82, 2.24) is 10.6 Å². The zero-order valence-corrected chi connectivity index (χ0v) is 59.0. The molecule has 22 heteroatoms. The van der Waals surface area contributed by atoms with Gasteiger partial charge in [0, 0.05) is 101 Å². The van der Waals surface area contributed by atoms with Crippen molar-refractivity contribution in [2.45, 2.75) is 39.0 Å². The van der Waals surface area contributed by atoms with Crippen LogP contribution in [0.5, 0.6) is 11.5 Å². The minimum absolute atomic E-state index is 0.0231. The molecule has 0 bridgehead atoms. The number of ketones is 1. The van der Waals surface area contributed by atoms with Gasteiger partial charge in [0.2, 0.25) is 5.91 Å². The van der Waals surface area contributed by atoms with Gasteiger partial charge in [-0.1, -0.05) is 68.7 Å². The number of thiophene rings is 2. The zero-order valence-electron chi connectivity index (χ0n) is 55.4. The minimum atomic E-state index is -2.23. The second kappa shape index (κ2) is 30.1. The molecule has 6 aromatic rings. The molecular formula is C73H81N7O11S2Si2+2. The molecule has 0 unspecified atom stereocenters. The predicted octanol–water partition coefficient (Wildman–Crippen LogP) is 9.66. The number of allylic oxidation sites excluding steroid dienone is 11. The van der Waals surface area contributed by atoms with E-state index in [1.165, 1.54) is 45.0 Å². The van der Waals surface area contributed by atoms with E-state index in [1.807, 2.05) is 68.5 Å². The average Bonchev–Trinajstić information content (AvgIpc) is 1.57. The number of phenols is 2. The van der Waals surface area contributed by atoms with Crippen molar-refractivity contribution in [3.05, 3.63) is 220 Å². The number of phenolic OH excluding ortho intramolecular Hbond substituents is 2. The van der Waals surface area contributed by atoms with Gasteiger partial charge < -0.3 is 51.7 Å². The van der Waals surface area contributed by atoms with E-state index < -0.39 is 40.0 Å². The third-order valence-electron chi connectivity index (χ3n) is 16.7. The number of nitrogens with zero attached hydrogens (tertiary/aromatic N) is 4. The highest BCUT2D eigenvalue weighted by molar-refractivity contribution is 7.16. The van der Waals surface area contributed by atoms with E-state index in [1.54, 1.807) is 60.7 Å². The maximum absolute atomic E-state index is 13.3. The Balaban J connectivity index is 0.000000207. The number of carboxylic acids is 3. The summed E-state index contributed by atoms with van der Waals surface area (Å²) in [6.45, 7) is 10.2. The quantitative estimate of drug-likeness (QED) is 0.0172. The summed E-state index contributed by atoms with van der Waals surface area (Å²) in [5.41, 5.74) is 17.8. The van der Waals surface area contributed by atoms with Crippen LogP contribution in [0.2, 0.25) is 26.2 Å². The van der Waals surface area contributed by atoms with Gasteiger partial charge in [-0.15, -0.1) is 22.7 Å². The van der Waals surface area contributed by atoms with Gasteiger partial charge in [0.05, 0.1) is 4.88 Å². The van der Waals surface area contributed by atoms with Crippen LogP contribution in [0.15, 0.2) is 167 Å². The van der Waals surface area contributed by atoms with Crippen LogP contribution in [0.25, 0.3) is 23.3 Å². The molecule has 4 aliphatic rings. The van der Waals surface area contributed by atoms with E-state index in [9.17, 15) is 49.2 Å². The number of rotatable bonds is 18. The molecule has 18 nitrogen and oxygen atoms in total. The Hall–Kier alpha value is -9.85. The molecule has 0 radical (unpaired) electrons. The summed E-state index contributed by atoms with van der Waals surface area (Å²) < 4.78 is 4.13. The number of fused-ring (bicyclic) bond motifs is 4. The lowest BCUT2D eigenvalue weighted by atomic mass is 9.89.